The second-order valence-electron chi connectivity index (χ2n) is 7.18. The maximum atomic E-state index is 12.7. The van der Waals surface area contributed by atoms with E-state index in [1.165, 1.54) is 25.7 Å². The van der Waals surface area contributed by atoms with Gasteiger partial charge in [-0.1, -0.05) is 40.5 Å². The van der Waals surface area contributed by atoms with Gasteiger partial charge < -0.3 is 4.90 Å². The van der Waals surface area contributed by atoms with Crippen molar-refractivity contribution in [3.63, 3.8) is 0 Å². The molecule has 2 atom stereocenters. The smallest absolute Gasteiger partial charge is 0.241 e. The molecule has 1 saturated carbocycles. The number of carbonyl (C=O) groups excluding carboxylic acids is 1. The number of rotatable bonds is 5. The van der Waals surface area contributed by atoms with Crippen LogP contribution in [0.4, 0.5) is 0 Å². The van der Waals surface area contributed by atoms with Gasteiger partial charge in [0, 0.05) is 6.04 Å². The van der Waals surface area contributed by atoms with Crippen LogP contribution in [0.3, 0.4) is 0 Å². The van der Waals surface area contributed by atoms with Gasteiger partial charge in [0.05, 0.1) is 12.2 Å². The predicted molar refractivity (Wildman–Crippen MR) is 78.7 cm³/mol. The van der Waals surface area contributed by atoms with Crippen LogP contribution in [0.5, 0.6) is 0 Å². The van der Waals surface area contributed by atoms with Crippen LogP contribution in [0.15, 0.2) is 0 Å². The van der Waals surface area contributed by atoms with Crippen molar-refractivity contribution >= 4 is 5.91 Å². The fraction of sp³-hybridized carbons (Fsp3) is 0.938. The minimum atomic E-state index is 0.0596. The molecule has 1 amide bonds. The molecule has 1 N–H and O–H groups in total. The van der Waals surface area contributed by atoms with Crippen molar-refractivity contribution in [2.75, 3.05) is 0 Å². The first-order valence-electron chi connectivity index (χ1n) is 8.07. The van der Waals surface area contributed by atoms with Gasteiger partial charge in [0.1, 0.15) is 0 Å². The lowest BCUT2D eigenvalue weighted by Gasteiger charge is -2.31. The molecule has 1 heterocycles. The fourth-order valence-electron chi connectivity index (χ4n) is 3.60. The zero-order valence-corrected chi connectivity index (χ0v) is 13.0. The monoisotopic (exact) mass is 266 g/mol. The largest absolute Gasteiger partial charge is 0.323 e. The summed E-state index contributed by atoms with van der Waals surface area (Å²) in [6.07, 6.45) is 7.31. The van der Waals surface area contributed by atoms with Gasteiger partial charge in [0.25, 0.3) is 0 Å². The highest BCUT2D eigenvalue weighted by Crippen LogP contribution is 2.31. The Kier molecular flexibility index (Phi) is 4.88. The third-order valence-corrected chi connectivity index (χ3v) is 4.40. The van der Waals surface area contributed by atoms with Crippen LogP contribution in [0.25, 0.3) is 0 Å². The molecule has 1 saturated heterocycles. The minimum absolute atomic E-state index is 0.0596. The fourth-order valence-corrected chi connectivity index (χ4v) is 3.60. The van der Waals surface area contributed by atoms with Crippen molar-refractivity contribution in [3.8, 4) is 0 Å². The Morgan fingerprint density at radius 2 is 1.68 bits per heavy atom. The summed E-state index contributed by atoms with van der Waals surface area (Å²) >= 11 is 0. The maximum absolute atomic E-state index is 12.7. The van der Waals surface area contributed by atoms with Crippen molar-refractivity contribution < 1.29 is 4.79 Å². The Balaban J connectivity index is 2.08. The van der Waals surface area contributed by atoms with E-state index >= 15 is 0 Å². The molecule has 2 rings (SSSR count). The first kappa shape index (κ1) is 14.8. The Morgan fingerprint density at radius 1 is 1.11 bits per heavy atom. The molecule has 0 bridgehead atoms. The lowest BCUT2D eigenvalue weighted by atomic mass is 10.0. The van der Waals surface area contributed by atoms with Gasteiger partial charge in [0.15, 0.2) is 0 Å². The van der Waals surface area contributed by atoms with Gasteiger partial charge in [-0.15, -0.1) is 0 Å². The van der Waals surface area contributed by atoms with E-state index in [0.29, 0.717) is 23.8 Å². The Hall–Kier alpha value is -0.570. The third-order valence-electron chi connectivity index (χ3n) is 4.40. The van der Waals surface area contributed by atoms with E-state index in [9.17, 15) is 4.79 Å². The molecule has 2 fully saturated rings. The van der Waals surface area contributed by atoms with Crippen molar-refractivity contribution in [2.45, 2.75) is 84.5 Å². The number of hydrogen-bond donors (Lipinski definition) is 1. The van der Waals surface area contributed by atoms with Crippen molar-refractivity contribution in [1.82, 2.24) is 10.2 Å². The summed E-state index contributed by atoms with van der Waals surface area (Å²) in [5.41, 5.74) is 0. The van der Waals surface area contributed by atoms with E-state index in [2.05, 4.69) is 37.9 Å². The normalized spacial score (nSPS) is 29.2. The molecule has 2 aliphatic rings. The molecule has 19 heavy (non-hydrogen) atoms. The first-order chi connectivity index (χ1) is 8.99. The zero-order valence-electron chi connectivity index (χ0n) is 13.0. The quantitative estimate of drug-likeness (QED) is 0.829. The highest BCUT2D eigenvalue weighted by molar-refractivity contribution is 5.84. The standard InChI is InChI=1S/C16H30N2O/c1-11(2)9-14-16(19)18(13-7-5-6-8-13)15(17-14)10-12(3)4/h11-15,17H,5-10H2,1-4H3. The Labute approximate surface area is 118 Å². The van der Waals surface area contributed by atoms with Gasteiger partial charge in [-0.05, 0) is 37.5 Å². The summed E-state index contributed by atoms with van der Waals surface area (Å²) in [6.45, 7) is 8.89. The molecule has 0 radical (unpaired) electrons. The van der Waals surface area contributed by atoms with E-state index in [1.54, 1.807) is 0 Å². The summed E-state index contributed by atoms with van der Waals surface area (Å²) in [6, 6.07) is 0.560. The molecule has 0 spiro atoms. The maximum Gasteiger partial charge on any atom is 0.241 e. The lowest BCUT2D eigenvalue weighted by Crippen LogP contribution is -2.44. The van der Waals surface area contributed by atoms with E-state index in [-0.39, 0.29) is 12.2 Å². The van der Waals surface area contributed by atoms with Crippen LogP contribution in [-0.4, -0.2) is 29.1 Å². The van der Waals surface area contributed by atoms with Gasteiger partial charge in [-0.2, -0.15) is 0 Å². The number of amides is 1. The summed E-state index contributed by atoms with van der Waals surface area (Å²) in [4.78, 5) is 14.9. The summed E-state index contributed by atoms with van der Waals surface area (Å²) in [5.74, 6) is 1.57. The van der Waals surface area contributed by atoms with Crippen molar-refractivity contribution in [1.29, 1.82) is 0 Å². The van der Waals surface area contributed by atoms with Gasteiger partial charge in [-0.25, -0.2) is 0 Å². The first-order valence-corrected chi connectivity index (χ1v) is 8.07. The highest BCUT2D eigenvalue weighted by atomic mass is 16.2. The predicted octanol–water partition coefficient (Wildman–Crippen LogP) is 3.15. The Morgan fingerprint density at radius 3 is 2.21 bits per heavy atom. The number of nitrogens with zero attached hydrogens (tertiary/aromatic N) is 1. The van der Waals surface area contributed by atoms with Crippen LogP contribution in [0, 0.1) is 11.8 Å². The third kappa shape index (κ3) is 3.50. The molecule has 2 unspecified atom stereocenters. The summed E-state index contributed by atoms with van der Waals surface area (Å²) in [5, 5.41) is 3.61. The van der Waals surface area contributed by atoms with Gasteiger partial charge in [0.2, 0.25) is 5.91 Å². The van der Waals surface area contributed by atoms with Gasteiger partial charge >= 0.3 is 0 Å². The molecule has 1 aliphatic heterocycles. The van der Waals surface area contributed by atoms with Crippen molar-refractivity contribution in [3.05, 3.63) is 0 Å². The van der Waals surface area contributed by atoms with E-state index in [0.717, 1.165) is 12.8 Å². The van der Waals surface area contributed by atoms with E-state index < -0.39 is 0 Å². The average molecular weight is 266 g/mol. The summed E-state index contributed by atoms with van der Waals surface area (Å²) in [7, 11) is 0. The van der Waals surface area contributed by atoms with Crippen LogP contribution >= 0.6 is 0 Å². The molecule has 0 aromatic rings. The average Bonchev–Trinajstić information content (AvgIpc) is 2.87. The Bertz CT molecular complexity index is 308. The molecule has 3 heteroatoms. The molecule has 3 nitrogen and oxygen atoms in total. The summed E-state index contributed by atoms with van der Waals surface area (Å²) < 4.78 is 0. The zero-order chi connectivity index (χ0) is 14.0. The van der Waals surface area contributed by atoms with Crippen molar-refractivity contribution in [2.24, 2.45) is 11.8 Å². The van der Waals surface area contributed by atoms with Crippen LogP contribution in [0.1, 0.15) is 66.2 Å². The SMILES string of the molecule is CC(C)CC1NC(CC(C)C)N(C2CCCC2)C1=O. The van der Waals surface area contributed by atoms with Gasteiger partial charge in [-0.3, -0.25) is 10.1 Å². The number of hydrogen-bond acceptors (Lipinski definition) is 2. The number of carbonyl (C=O) groups is 1. The molecule has 110 valence electrons. The molecule has 1 aliphatic carbocycles. The van der Waals surface area contributed by atoms with E-state index in [1.807, 2.05) is 0 Å². The second kappa shape index (κ2) is 6.25. The van der Waals surface area contributed by atoms with Crippen LogP contribution < -0.4 is 5.32 Å². The molecule has 0 aromatic carbocycles. The van der Waals surface area contributed by atoms with Crippen LogP contribution in [0.2, 0.25) is 0 Å². The number of nitrogens with one attached hydrogen (secondary N) is 1. The van der Waals surface area contributed by atoms with Crippen LogP contribution in [-0.2, 0) is 4.79 Å². The van der Waals surface area contributed by atoms with E-state index in [4.69, 9.17) is 0 Å². The highest BCUT2D eigenvalue weighted by Gasteiger charge is 2.42. The molecule has 0 aromatic heterocycles. The second-order valence-corrected chi connectivity index (χ2v) is 7.18. The topological polar surface area (TPSA) is 32.3 Å². The lowest BCUT2D eigenvalue weighted by molar-refractivity contribution is -0.132. The molecular weight excluding hydrogens is 236 g/mol. The molecular formula is C16H30N2O. The minimum Gasteiger partial charge on any atom is -0.323 e.